The highest BCUT2D eigenvalue weighted by molar-refractivity contribution is 5.20. The molecule has 0 saturated carbocycles. The second-order valence-corrected chi connectivity index (χ2v) is 4.24. The predicted molar refractivity (Wildman–Crippen MR) is 71.0 cm³/mol. The highest BCUT2D eigenvalue weighted by Crippen LogP contribution is 2.09. The molecular formula is C14H18N2O3. The predicted octanol–water partition coefficient (Wildman–Crippen LogP) is 0.858. The Morgan fingerprint density at radius 1 is 1.26 bits per heavy atom. The Hall–Kier alpha value is -1.85. The van der Waals surface area contributed by atoms with E-state index in [1.807, 2.05) is 34.9 Å². The van der Waals surface area contributed by atoms with E-state index in [0.717, 1.165) is 11.6 Å². The van der Waals surface area contributed by atoms with Crippen LogP contribution in [-0.2, 0) is 13.0 Å². The van der Waals surface area contributed by atoms with E-state index in [1.54, 1.807) is 12.4 Å². The van der Waals surface area contributed by atoms with Gasteiger partial charge in [0.05, 0.1) is 25.9 Å². The number of aromatic nitrogens is 2. The summed E-state index contributed by atoms with van der Waals surface area (Å²) < 4.78 is 7.43. The van der Waals surface area contributed by atoms with Gasteiger partial charge in [0, 0.05) is 18.8 Å². The van der Waals surface area contributed by atoms with Gasteiger partial charge in [0.1, 0.15) is 11.6 Å². The number of ether oxygens (including phenoxy) is 1. The molecule has 2 aromatic rings. The monoisotopic (exact) mass is 262 g/mol. The van der Waals surface area contributed by atoms with Gasteiger partial charge in [-0.1, -0.05) is 18.2 Å². The first-order valence-electron chi connectivity index (χ1n) is 6.26. The number of para-hydroxylation sites is 1. The second kappa shape index (κ2) is 6.92. The summed E-state index contributed by atoms with van der Waals surface area (Å²) in [6, 6.07) is 9.60. The minimum atomic E-state index is -0.761. The molecule has 0 fully saturated rings. The summed E-state index contributed by atoms with van der Waals surface area (Å²) in [6.07, 6.45) is 3.36. The maximum atomic E-state index is 9.43. The van der Waals surface area contributed by atoms with Crippen LogP contribution in [0.2, 0.25) is 0 Å². The molecule has 0 spiro atoms. The molecular weight excluding hydrogens is 244 g/mol. The van der Waals surface area contributed by atoms with Gasteiger partial charge in [-0.3, -0.25) is 0 Å². The van der Waals surface area contributed by atoms with Crippen molar-refractivity contribution < 1.29 is 14.9 Å². The Kier molecular flexibility index (Phi) is 4.94. The van der Waals surface area contributed by atoms with Crippen molar-refractivity contribution in [3.8, 4) is 5.75 Å². The lowest BCUT2D eigenvalue weighted by atomic mass is 10.3. The van der Waals surface area contributed by atoms with Crippen molar-refractivity contribution in [1.82, 2.24) is 9.55 Å². The van der Waals surface area contributed by atoms with E-state index in [0.29, 0.717) is 19.6 Å². The van der Waals surface area contributed by atoms with Crippen molar-refractivity contribution in [1.29, 1.82) is 0 Å². The average Bonchev–Trinajstić information content (AvgIpc) is 2.87. The third-order valence-electron chi connectivity index (χ3n) is 2.76. The topological polar surface area (TPSA) is 67.5 Å². The number of nitrogens with zero attached hydrogens (tertiary/aromatic N) is 2. The molecule has 0 aliphatic rings. The molecule has 0 saturated heterocycles. The Morgan fingerprint density at radius 2 is 2.05 bits per heavy atom. The Bertz CT molecular complexity index is 484. The fourth-order valence-corrected chi connectivity index (χ4v) is 1.80. The third-order valence-corrected chi connectivity index (χ3v) is 2.76. The summed E-state index contributed by atoms with van der Waals surface area (Å²) in [4.78, 5) is 4.22. The molecule has 0 aliphatic heterocycles. The Labute approximate surface area is 112 Å². The second-order valence-electron chi connectivity index (χ2n) is 4.24. The van der Waals surface area contributed by atoms with Crippen LogP contribution in [0.25, 0.3) is 0 Å². The highest BCUT2D eigenvalue weighted by Gasteiger charge is 2.08. The molecule has 102 valence electrons. The van der Waals surface area contributed by atoms with Crippen LogP contribution in [0.3, 0.4) is 0 Å². The minimum absolute atomic E-state index is 0.252. The van der Waals surface area contributed by atoms with Crippen molar-refractivity contribution in [3.63, 3.8) is 0 Å². The maximum absolute atomic E-state index is 9.43. The van der Waals surface area contributed by atoms with Crippen LogP contribution in [0, 0.1) is 0 Å². The van der Waals surface area contributed by atoms with E-state index in [2.05, 4.69) is 4.98 Å². The smallest absolute Gasteiger partial charge is 0.119 e. The molecule has 1 heterocycles. The highest BCUT2D eigenvalue weighted by atomic mass is 16.5. The maximum Gasteiger partial charge on any atom is 0.119 e. The fourth-order valence-electron chi connectivity index (χ4n) is 1.80. The molecule has 19 heavy (non-hydrogen) atoms. The molecule has 1 atom stereocenters. The van der Waals surface area contributed by atoms with Gasteiger partial charge in [-0.2, -0.15) is 0 Å². The summed E-state index contributed by atoms with van der Waals surface area (Å²) in [5.74, 6) is 1.67. The molecule has 0 radical (unpaired) electrons. The van der Waals surface area contributed by atoms with Crippen molar-refractivity contribution in [2.75, 3.05) is 13.2 Å². The molecule has 2 N–H and O–H groups in total. The van der Waals surface area contributed by atoms with Crippen molar-refractivity contribution >= 4 is 0 Å². The standard InChI is InChI=1S/C14H18N2O3/c17-11-12(18)10-16-8-7-15-14(16)6-9-19-13-4-2-1-3-5-13/h1-5,7-8,12,17-18H,6,9-11H2. The van der Waals surface area contributed by atoms with E-state index in [9.17, 15) is 5.11 Å². The van der Waals surface area contributed by atoms with Gasteiger partial charge < -0.3 is 19.5 Å². The van der Waals surface area contributed by atoms with Gasteiger partial charge in [0.25, 0.3) is 0 Å². The van der Waals surface area contributed by atoms with E-state index in [1.165, 1.54) is 0 Å². The van der Waals surface area contributed by atoms with Crippen LogP contribution in [0.1, 0.15) is 5.82 Å². The van der Waals surface area contributed by atoms with Crippen LogP contribution in [-0.4, -0.2) is 39.1 Å². The van der Waals surface area contributed by atoms with Gasteiger partial charge in [0.15, 0.2) is 0 Å². The molecule has 0 aliphatic carbocycles. The molecule has 1 aromatic carbocycles. The first-order valence-corrected chi connectivity index (χ1v) is 6.26. The lowest BCUT2D eigenvalue weighted by Gasteiger charge is -2.11. The lowest BCUT2D eigenvalue weighted by Crippen LogP contribution is -2.21. The van der Waals surface area contributed by atoms with Gasteiger partial charge in [-0.05, 0) is 12.1 Å². The van der Waals surface area contributed by atoms with E-state index < -0.39 is 6.10 Å². The molecule has 0 bridgehead atoms. The zero-order valence-corrected chi connectivity index (χ0v) is 10.6. The number of aliphatic hydroxyl groups is 2. The summed E-state index contributed by atoms with van der Waals surface area (Å²) in [5.41, 5.74) is 0. The summed E-state index contributed by atoms with van der Waals surface area (Å²) >= 11 is 0. The Balaban J connectivity index is 1.84. The number of hydrogen-bond donors (Lipinski definition) is 2. The van der Waals surface area contributed by atoms with Crippen LogP contribution in [0.15, 0.2) is 42.7 Å². The Morgan fingerprint density at radius 3 is 2.79 bits per heavy atom. The largest absolute Gasteiger partial charge is 0.493 e. The third kappa shape index (κ3) is 4.08. The number of hydrogen-bond acceptors (Lipinski definition) is 4. The first-order chi connectivity index (χ1) is 9.29. The molecule has 5 nitrogen and oxygen atoms in total. The zero-order valence-electron chi connectivity index (χ0n) is 10.6. The van der Waals surface area contributed by atoms with Gasteiger partial charge >= 0.3 is 0 Å². The number of aliphatic hydroxyl groups excluding tert-OH is 2. The quantitative estimate of drug-likeness (QED) is 0.776. The molecule has 5 heteroatoms. The van der Waals surface area contributed by atoms with E-state index >= 15 is 0 Å². The normalized spacial score (nSPS) is 12.3. The molecule has 1 unspecified atom stereocenters. The van der Waals surface area contributed by atoms with Crippen molar-refractivity contribution in [3.05, 3.63) is 48.5 Å². The van der Waals surface area contributed by atoms with Gasteiger partial charge in [-0.15, -0.1) is 0 Å². The van der Waals surface area contributed by atoms with Crippen molar-refractivity contribution in [2.24, 2.45) is 0 Å². The number of imidazole rings is 1. The minimum Gasteiger partial charge on any atom is -0.493 e. The molecule has 0 amide bonds. The zero-order chi connectivity index (χ0) is 13.5. The summed E-state index contributed by atoms with van der Waals surface area (Å²) in [6.45, 7) is 0.617. The molecule has 2 rings (SSSR count). The molecule has 1 aromatic heterocycles. The van der Waals surface area contributed by atoms with Crippen LogP contribution < -0.4 is 4.74 Å². The van der Waals surface area contributed by atoms with E-state index in [-0.39, 0.29) is 6.61 Å². The summed E-state index contributed by atoms with van der Waals surface area (Å²) in [7, 11) is 0. The van der Waals surface area contributed by atoms with Crippen LogP contribution in [0.4, 0.5) is 0 Å². The van der Waals surface area contributed by atoms with E-state index in [4.69, 9.17) is 9.84 Å². The van der Waals surface area contributed by atoms with Gasteiger partial charge in [0.2, 0.25) is 0 Å². The van der Waals surface area contributed by atoms with Crippen LogP contribution >= 0.6 is 0 Å². The first kappa shape index (κ1) is 13.6. The van der Waals surface area contributed by atoms with Crippen LogP contribution in [0.5, 0.6) is 5.75 Å². The summed E-state index contributed by atoms with van der Waals surface area (Å²) in [5, 5.41) is 18.3. The fraction of sp³-hybridized carbons (Fsp3) is 0.357. The van der Waals surface area contributed by atoms with Crippen molar-refractivity contribution in [2.45, 2.75) is 19.1 Å². The number of benzene rings is 1. The lowest BCUT2D eigenvalue weighted by molar-refractivity contribution is 0.0803. The average molecular weight is 262 g/mol. The van der Waals surface area contributed by atoms with Gasteiger partial charge in [-0.25, -0.2) is 4.98 Å². The number of rotatable bonds is 7. The SMILES string of the molecule is OCC(O)Cn1ccnc1CCOc1ccccc1.